The Morgan fingerprint density at radius 1 is 0.667 bits per heavy atom. The van der Waals surface area contributed by atoms with Crippen LogP contribution in [0.25, 0.3) is 0 Å². The molecule has 0 spiro atoms. The van der Waals surface area contributed by atoms with E-state index in [4.69, 9.17) is 0 Å². The number of aryl methyl sites for hydroxylation is 2. The fourth-order valence-electron chi connectivity index (χ4n) is 3.28. The smallest absolute Gasteiger partial charge is 0.259 e. The normalized spacial score (nSPS) is 12.6. The van der Waals surface area contributed by atoms with Crippen LogP contribution in [0.5, 0.6) is 0 Å². The number of aromatic nitrogens is 4. The highest BCUT2D eigenvalue weighted by atomic mass is 32.1. The minimum atomic E-state index is -1.28. The van der Waals surface area contributed by atoms with Gasteiger partial charge in [0.25, 0.3) is 11.8 Å². The Hall–Kier alpha value is -3.58. The first-order valence-electron chi connectivity index (χ1n) is 11.2. The van der Waals surface area contributed by atoms with Crippen molar-refractivity contribution in [3.05, 3.63) is 81.8 Å². The summed E-state index contributed by atoms with van der Waals surface area (Å²) in [6.07, 6.45) is 0.455. The summed E-state index contributed by atoms with van der Waals surface area (Å²) < 4.78 is 0. The first kappa shape index (κ1) is 25.5. The molecular formula is C24H24N6O4S2. The van der Waals surface area contributed by atoms with Gasteiger partial charge in [-0.15, -0.1) is 20.4 Å². The first-order chi connectivity index (χ1) is 17.5. The van der Waals surface area contributed by atoms with Crippen LogP contribution in [0.2, 0.25) is 0 Å². The lowest BCUT2D eigenvalue weighted by molar-refractivity contribution is -0.124. The molecule has 0 aliphatic heterocycles. The van der Waals surface area contributed by atoms with Crippen LogP contribution in [0, 0.1) is 0 Å². The Balaban J connectivity index is 1.18. The van der Waals surface area contributed by atoms with Crippen molar-refractivity contribution in [2.75, 3.05) is 10.6 Å². The fraction of sp³-hybridized carbons (Fsp3) is 0.250. The molecule has 0 aliphatic carbocycles. The van der Waals surface area contributed by atoms with Crippen molar-refractivity contribution >= 4 is 44.8 Å². The van der Waals surface area contributed by atoms with E-state index in [0.717, 1.165) is 22.9 Å². The van der Waals surface area contributed by atoms with Crippen LogP contribution >= 0.6 is 22.7 Å². The Labute approximate surface area is 215 Å². The van der Waals surface area contributed by atoms with Gasteiger partial charge in [0, 0.05) is 12.8 Å². The molecule has 10 nitrogen and oxygen atoms in total. The molecule has 12 heteroatoms. The van der Waals surface area contributed by atoms with Gasteiger partial charge in [-0.3, -0.25) is 20.2 Å². The molecule has 2 atom stereocenters. The maximum Gasteiger partial charge on any atom is 0.259 e. The summed E-state index contributed by atoms with van der Waals surface area (Å²) in [5.41, 5.74) is 1.01. The van der Waals surface area contributed by atoms with Crippen molar-refractivity contribution < 1.29 is 19.8 Å². The SMILES string of the molecule is O=C(Nc1nnc(CCCCc2nnc(NC(=O)[C@@H](O)c3ccccc3)s2)s1)C(O)c1ccccc1. The van der Waals surface area contributed by atoms with Gasteiger partial charge in [0.05, 0.1) is 0 Å². The molecule has 4 aromatic rings. The van der Waals surface area contributed by atoms with Crippen molar-refractivity contribution in [1.82, 2.24) is 20.4 Å². The number of aliphatic hydroxyl groups is 2. The van der Waals surface area contributed by atoms with Crippen LogP contribution in [0.3, 0.4) is 0 Å². The molecule has 0 fully saturated rings. The first-order valence-corrected chi connectivity index (χ1v) is 12.9. The Morgan fingerprint density at radius 3 is 1.44 bits per heavy atom. The highest BCUT2D eigenvalue weighted by Gasteiger charge is 2.20. The number of nitrogens with one attached hydrogen (secondary N) is 2. The molecule has 2 aromatic carbocycles. The van der Waals surface area contributed by atoms with E-state index in [9.17, 15) is 19.8 Å². The molecule has 36 heavy (non-hydrogen) atoms. The average Bonchev–Trinajstić information content (AvgIpc) is 3.55. The second-order valence-electron chi connectivity index (χ2n) is 7.81. The molecule has 0 saturated carbocycles. The number of carbonyl (C=O) groups excluding carboxylic acids is 2. The van der Waals surface area contributed by atoms with Crippen LogP contribution in [-0.2, 0) is 22.4 Å². The predicted molar refractivity (Wildman–Crippen MR) is 137 cm³/mol. The Kier molecular flexibility index (Phi) is 8.79. The lowest BCUT2D eigenvalue weighted by atomic mass is 10.1. The molecule has 4 N–H and O–H groups in total. The van der Waals surface area contributed by atoms with Gasteiger partial charge < -0.3 is 10.2 Å². The Bertz CT molecular complexity index is 1180. The molecule has 0 bridgehead atoms. The zero-order chi connectivity index (χ0) is 25.3. The number of aliphatic hydroxyl groups excluding tert-OH is 2. The summed E-state index contributed by atoms with van der Waals surface area (Å²) >= 11 is 2.54. The Morgan fingerprint density at radius 2 is 1.06 bits per heavy atom. The number of hydrogen-bond donors (Lipinski definition) is 4. The van der Waals surface area contributed by atoms with E-state index in [0.29, 0.717) is 34.2 Å². The molecule has 0 saturated heterocycles. The molecule has 186 valence electrons. The van der Waals surface area contributed by atoms with E-state index < -0.39 is 24.0 Å². The lowest BCUT2D eigenvalue weighted by Crippen LogP contribution is -2.20. The monoisotopic (exact) mass is 524 g/mol. The van der Waals surface area contributed by atoms with E-state index in [1.54, 1.807) is 48.5 Å². The van der Waals surface area contributed by atoms with Gasteiger partial charge in [-0.1, -0.05) is 83.3 Å². The highest BCUT2D eigenvalue weighted by Crippen LogP contribution is 2.22. The van der Waals surface area contributed by atoms with E-state index in [1.165, 1.54) is 22.7 Å². The van der Waals surface area contributed by atoms with Crippen LogP contribution in [-0.4, -0.2) is 42.4 Å². The summed E-state index contributed by atoms with van der Waals surface area (Å²) in [5, 5.41) is 43.9. The van der Waals surface area contributed by atoms with Gasteiger partial charge >= 0.3 is 0 Å². The van der Waals surface area contributed by atoms with Gasteiger partial charge in [-0.2, -0.15) is 0 Å². The van der Waals surface area contributed by atoms with Crippen molar-refractivity contribution in [2.45, 2.75) is 37.9 Å². The van der Waals surface area contributed by atoms with Crippen molar-refractivity contribution in [1.29, 1.82) is 0 Å². The maximum absolute atomic E-state index is 12.2. The van der Waals surface area contributed by atoms with Gasteiger partial charge in [-0.05, 0) is 24.0 Å². The zero-order valence-corrected chi connectivity index (χ0v) is 20.7. The van der Waals surface area contributed by atoms with Crippen LogP contribution in [0.4, 0.5) is 10.3 Å². The molecule has 4 rings (SSSR count). The minimum Gasteiger partial charge on any atom is -0.378 e. The van der Waals surface area contributed by atoms with Gasteiger partial charge in [0.2, 0.25) is 10.3 Å². The number of hydrogen-bond acceptors (Lipinski definition) is 10. The third kappa shape index (κ3) is 6.98. The average molecular weight is 525 g/mol. The number of benzene rings is 2. The molecule has 1 unspecified atom stereocenters. The van der Waals surface area contributed by atoms with Crippen molar-refractivity contribution in [3.8, 4) is 0 Å². The van der Waals surface area contributed by atoms with Crippen LogP contribution in [0.15, 0.2) is 60.7 Å². The van der Waals surface area contributed by atoms with Crippen molar-refractivity contribution in [3.63, 3.8) is 0 Å². The number of unbranched alkanes of at least 4 members (excludes halogenated alkanes) is 1. The topological polar surface area (TPSA) is 150 Å². The molecule has 2 amide bonds. The number of anilines is 2. The van der Waals surface area contributed by atoms with Gasteiger partial charge in [0.15, 0.2) is 12.2 Å². The fourth-order valence-corrected chi connectivity index (χ4v) is 4.85. The zero-order valence-electron chi connectivity index (χ0n) is 19.1. The lowest BCUT2D eigenvalue weighted by Gasteiger charge is -2.09. The quantitative estimate of drug-likeness (QED) is 0.218. The number of carbonyl (C=O) groups is 2. The van der Waals surface area contributed by atoms with Crippen LogP contribution < -0.4 is 10.6 Å². The summed E-state index contributed by atoms with van der Waals surface area (Å²) in [4.78, 5) is 24.5. The molecule has 2 aromatic heterocycles. The third-order valence-corrected chi connectivity index (χ3v) is 6.95. The second kappa shape index (κ2) is 12.4. The molecule has 0 radical (unpaired) electrons. The third-order valence-electron chi connectivity index (χ3n) is 5.15. The summed E-state index contributed by atoms with van der Waals surface area (Å²) in [6, 6.07) is 17.4. The number of rotatable bonds is 11. The highest BCUT2D eigenvalue weighted by molar-refractivity contribution is 7.15. The van der Waals surface area contributed by atoms with Gasteiger partial charge in [-0.25, -0.2) is 0 Å². The van der Waals surface area contributed by atoms with Gasteiger partial charge in [0.1, 0.15) is 10.0 Å². The summed E-state index contributed by atoms with van der Waals surface area (Å²) in [5.74, 6) is -1.11. The predicted octanol–water partition coefficient (Wildman–Crippen LogP) is 3.30. The van der Waals surface area contributed by atoms with Crippen molar-refractivity contribution in [2.24, 2.45) is 0 Å². The summed E-state index contributed by atoms with van der Waals surface area (Å²) in [7, 11) is 0. The molecular weight excluding hydrogens is 500 g/mol. The molecule has 0 aliphatic rings. The van der Waals surface area contributed by atoms with E-state index in [1.807, 2.05) is 12.1 Å². The second-order valence-corrected chi connectivity index (χ2v) is 9.94. The number of nitrogens with zero attached hydrogens (tertiary/aromatic N) is 4. The molecule has 2 heterocycles. The van der Waals surface area contributed by atoms with E-state index >= 15 is 0 Å². The summed E-state index contributed by atoms with van der Waals surface area (Å²) in [6.45, 7) is 0. The minimum absolute atomic E-state index is 0.340. The van der Waals surface area contributed by atoms with Crippen LogP contribution in [0.1, 0.15) is 46.2 Å². The maximum atomic E-state index is 12.2. The number of amides is 2. The largest absolute Gasteiger partial charge is 0.378 e. The standard InChI is InChI=1S/C24H24N6O4S2/c31-19(15-9-3-1-4-10-15)21(33)25-23-29-27-17(35-23)13-7-8-14-18-28-30-24(36-18)26-22(34)20(32)16-11-5-2-6-12-16/h1-6,9-12,19-20,31-32H,7-8,13-14H2,(H,25,29,33)(H,26,30,34)/t19-,20?/m0/s1. The van der Waals surface area contributed by atoms with E-state index in [2.05, 4.69) is 31.0 Å². The van der Waals surface area contributed by atoms with E-state index in [-0.39, 0.29) is 0 Å².